The Labute approximate surface area is 257 Å². The molecule has 0 radical (unpaired) electrons. The van der Waals surface area contributed by atoms with Crippen molar-refractivity contribution in [3.8, 4) is 28.4 Å². The van der Waals surface area contributed by atoms with Crippen molar-refractivity contribution in [2.75, 3.05) is 32.6 Å². The van der Waals surface area contributed by atoms with Crippen molar-refractivity contribution in [1.29, 1.82) is 0 Å². The molecular weight excluding hydrogens is 585 g/mol. The number of hydrogen-bond donors (Lipinski definition) is 1. The van der Waals surface area contributed by atoms with Crippen LogP contribution >= 0.6 is 0 Å². The number of sulfonamides is 1. The first-order valence-electron chi connectivity index (χ1n) is 15.1. The van der Waals surface area contributed by atoms with Crippen molar-refractivity contribution in [1.82, 2.24) is 4.31 Å². The van der Waals surface area contributed by atoms with Gasteiger partial charge in [-0.3, -0.25) is 4.79 Å². The summed E-state index contributed by atoms with van der Waals surface area (Å²) in [6, 6.07) is 12.9. The van der Waals surface area contributed by atoms with Crippen LogP contribution < -0.4 is 14.2 Å². The molecule has 2 atom stereocenters. The zero-order valence-corrected chi connectivity index (χ0v) is 26.1. The van der Waals surface area contributed by atoms with Crippen LogP contribution in [-0.2, 0) is 21.2 Å². The van der Waals surface area contributed by atoms with E-state index >= 15 is 4.39 Å². The lowest BCUT2D eigenvalue weighted by atomic mass is 9.90. The zero-order chi connectivity index (χ0) is 31.2. The monoisotopic (exact) mass is 623 g/mol. The second-order valence-corrected chi connectivity index (χ2v) is 14.3. The lowest BCUT2D eigenvalue weighted by molar-refractivity contribution is -0.137. The molecule has 2 unspecified atom stereocenters. The fraction of sp³-hybridized carbons (Fsp3) is 0.441. The molecule has 234 valence electrons. The van der Waals surface area contributed by atoms with Gasteiger partial charge in [-0.25, -0.2) is 17.1 Å². The van der Waals surface area contributed by atoms with E-state index in [1.807, 2.05) is 44.2 Å². The molecule has 3 aliphatic rings. The number of fused-ring (bicyclic) bond motifs is 2. The van der Waals surface area contributed by atoms with Crippen molar-refractivity contribution in [2.24, 2.45) is 5.92 Å². The highest BCUT2D eigenvalue weighted by molar-refractivity contribution is 7.88. The number of carbonyl (C=O) groups is 1. The number of nitrogens with zero attached hydrogens (tertiary/aromatic N) is 1. The van der Waals surface area contributed by atoms with Crippen molar-refractivity contribution >= 4 is 16.0 Å². The Morgan fingerprint density at radius 2 is 1.77 bits per heavy atom. The highest BCUT2D eigenvalue weighted by atomic mass is 32.2. The van der Waals surface area contributed by atoms with E-state index in [1.165, 1.54) is 16.6 Å². The second-order valence-electron chi connectivity index (χ2n) is 12.3. The van der Waals surface area contributed by atoms with Gasteiger partial charge in [0.05, 0.1) is 25.9 Å². The summed E-state index contributed by atoms with van der Waals surface area (Å²) in [4.78, 5) is 11.2. The lowest BCUT2D eigenvalue weighted by Crippen LogP contribution is -2.39. The molecule has 1 aliphatic carbocycles. The molecule has 1 saturated heterocycles. The summed E-state index contributed by atoms with van der Waals surface area (Å²) in [5.41, 5.74) is 6.52. The van der Waals surface area contributed by atoms with Gasteiger partial charge in [0.1, 0.15) is 29.2 Å². The summed E-state index contributed by atoms with van der Waals surface area (Å²) in [5.74, 6) is 0.923. The number of hydrogen-bond acceptors (Lipinski definition) is 6. The fourth-order valence-corrected chi connectivity index (χ4v) is 7.83. The number of carboxylic acid groups (broad SMARTS) is 1. The van der Waals surface area contributed by atoms with Gasteiger partial charge in [-0.1, -0.05) is 12.1 Å². The first kappa shape index (κ1) is 30.4. The molecule has 1 fully saturated rings. The summed E-state index contributed by atoms with van der Waals surface area (Å²) in [6.07, 6.45) is 3.69. The maximum atomic E-state index is 15.3. The van der Waals surface area contributed by atoms with Crippen LogP contribution in [0.3, 0.4) is 0 Å². The van der Waals surface area contributed by atoms with Gasteiger partial charge in [-0.05, 0) is 97.5 Å². The number of aliphatic carboxylic acids is 1. The molecule has 8 nitrogen and oxygen atoms in total. The first-order chi connectivity index (χ1) is 21.0. The van der Waals surface area contributed by atoms with Crippen LogP contribution in [0.25, 0.3) is 11.1 Å². The zero-order valence-electron chi connectivity index (χ0n) is 25.3. The third-order valence-electron chi connectivity index (χ3n) is 9.15. The SMILES string of the molecule is Cc1cc(OCC2CCN(S(C)(=O)=O)CC2)cc(C)c1-c1ccc(F)c2c1CCC2Oc1ccc2c(c1)OCC2CC(=O)O. The van der Waals surface area contributed by atoms with Gasteiger partial charge < -0.3 is 19.3 Å². The summed E-state index contributed by atoms with van der Waals surface area (Å²) in [5, 5.41) is 9.18. The third kappa shape index (κ3) is 6.15. The number of benzene rings is 3. The van der Waals surface area contributed by atoms with Crippen molar-refractivity contribution in [3.63, 3.8) is 0 Å². The van der Waals surface area contributed by atoms with Gasteiger partial charge in [-0.15, -0.1) is 0 Å². The highest BCUT2D eigenvalue weighted by Gasteiger charge is 2.32. The Morgan fingerprint density at radius 1 is 1.05 bits per heavy atom. The van der Waals surface area contributed by atoms with Crippen LogP contribution in [0.15, 0.2) is 42.5 Å². The second kappa shape index (κ2) is 12.0. The predicted octanol–water partition coefficient (Wildman–Crippen LogP) is 6.18. The van der Waals surface area contributed by atoms with Crippen LogP contribution in [0.1, 0.15) is 65.5 Å². The van der Waals surface area contributed by atoms with Crippen molar-refractivity contribution in [2.45, 2.75) is 58.0 Å². The van der Waals surface area contributed by atoms with Crippen LogP contribution in [0, 0.1) is 25.6 Å². The van der Waals surface area contributed by atoms with Gasteiger partial charge in [0.25, 0.3) is 0 Å². The molecule has 0 spiro atoms. The molecule has 3 aromatic rings. The average Bonchev–Trinajstić information content (AvgIpc) is 3.57. The third-order valence-corrected chi connectivity index (χ3v) is 10.5. The maximum absolute atomic E-state index is 15.3. The Kier molecular flexibility index (Phi) is 8.32. The summed E-state index contributed by atoms with van der Waals surface area (Å²) in [6.45, 7) is 5.99. The summed E-state index contributed by atoms with van der Waals surface area (Å²) >= 11 is 0. The molecule has 2 aliphatic heterocycles. The number of ether oxygens (including phenoxy) is 3. The van der Waals surface area contributed by atoms with E-state index < -0.39 is 22.1 Å². The number of rotatable bonds is 9. The van der Waals surface area contributed by atoms with E-state index in [0.717, 1.165) is 52.0 Å². The van der Waals surface area contributed by atoms with E-state index in [0.29, 0.717) is 62.1 Å². The van der Waals surface area contributed by atoms with E-state index in [2.05, 4.69) is 0 Å². The molecule has 0 saturated carbocycles. The van der Waals surface area contributed by atoms with Crippen LogP contribution in [0.2, 0.25) is 0 Å². The molecule has 10 heteroatoms. The summed E-state index contributed by atoms with van der Waals surface area (Å²) in [7, 11) is -3.15. The molecule has 3 aromatic carbocycles. The minimum Gasteiger partial charge on any atom is -0.493 e. The smallest absolute Gasteiger partial charge is 0.304 e. The van der Waals surface area contributed by atoms with Crippen molar-refractivity contribution in [3.05, 3.63) is 76.1 Å². The number of carboxylic acids is 1. The largest absolute Gasteiger partial charge is 0.493 e. The highest BCUT2D eigenvalue weighted by Crippen LogP contribution is 2.45. The van der Waals surface area contributed by atoms with Crippen LogP contribution in [0.4, 0.5) is 4.39 Å². The molecule has 2 heterocycles. The van der Waals surface area contributed by atoms with Crippen molar-refractivity contribution < 1.29 is 36.9 Å². The maximum Gasteiger partial charge on any atom is 0.304 e. The molecule has 0 aromatic heterocycles. The van der Waals surface area contributed by atoms with E-state index in [1.54, 1.807) is 6.07 Å². The van der Waals surface area contributed by atoms with E-state index in [4.69, 9.17) is 14.2 Å². The van der Waals surface area contributed by atoms with Gasteiger partial charge in [0.2, 0.25) is 10.0 Å². The molecule has 0 bridgehead atoms. The minimum atomic E-state index is -3.15. The number of aryl methyl sites for hydroxylation is 2. The van der Waals surface area contributed by atoms with Crippen LogP contribution in [-0.4, -0.2) is 56.4 Å². The lowest BCUT2D eigenvalue weighted by Gasteiger charge is -2.30. The normalized spacial score (nSPS) is 20.2. The number of piperidine rings is 1. The topological polar surface area (TPSA) is 102 Å². The van der Waals surface area contributed by atoms with Gasteiger partial charge in [-0.2, -0.15) is 0 Å². The Bertz CT molecular complexity index is 1670. The number of halogens is 1. The van der Waals surface area contributed by atoms with Gasteiger partial charge in [0.15, 0.2) is 0 Å². The average molecular weight is 624 g/mol. The van der Waals surface area contributed by atoms with Crippen LogP contribution in [0.5, 0.6) is 17.2 Å². The van der Waals surface area contributed by atoms with Gasteiger partial charge >= 0.3 is 5.97 Å². The summed E-state index contributed by atoms with van der Waals surface area (Å²) < 4.78 is 58.7. The molecular formula is C34H38FNO7S. The predicted molar refractivity (Wildman–Crippen MR) is 165 cm³/mol. The molecule has 44 heavy (non-hydrogen) atoms. The Morgan fingerprint density at radius 3 is 2.45 bits per heavy atom. The van der Waals surface area contributed by atoms with E-state index in [9.17, 15) is 18.3 Å². The van der Waals surface area contributed by atoms with E-state index in [-0.39, 0.29) is 18.2 Å². The van der Waals surface area contributed by atoms with Gasteiger partial charge in [0, 0.05) is 36.2 Å². The fourth-order valence-electron chi connectivity index (χ4n) is 6.95. The molecule has 6 rings (SSSR count). The Hall–Kier alpha value is -3.63. The Balaban J connectivity index is 1.17. The molecule has 0 amide bonds. The molecule has 1 N–H and O–H groups in total. The first-order valence-corrected chi connectivity index (χ1v) is 17.0. The minimum absolute atomic E-state index is 0.00973. The standard InChI is InChI=1S/C34H38FNO7S/c1-20-14-25(41-18-22-10-12-36(13-11-22)44(3,39)40)15-21(2)33(20)27-6-8-29(35)34-28(27)7-9-30(34)43-24-4-5-26-23(16-32(37)38)19-42-31(26)17-24/h4-6,8,14-15,17,22-23,30H,7,9-13,16,18-19H2,1-3H3,(H,37,38). The quantitative estimate of drug-likeness (QED) is 0.304.